The number of carbonyl (C=O) groups is 3. The van der Waals surface area contributed by atoms with Crippen LogP contribution in [-0.2, 0) is 16.1 Å². The molecule has 0 bridgehead atoms. The van der Waals surface area contributed by atoms with Gasteiger partial charge in [-0.1, -0.05) is 5.21 Å². The predicted molar refractivity (Wildman–Crippen MR) is 61.2 cm³/mol. The summed E-state index contributed by atoms with van der Waals surface area (Å²) >= 11 is 0. The molecule has 2 heterocycles. The quantitative estimate of drug-likeness (QED) is 0.673. The lowest BCUT2D eigenvalue weighted by Crippen LogP contribution is -2.40. The first kappa shape index (κ1) is 13.0. The normalized spacial score (nSPS) is 18.7. The Morgan fingerprint density at radius 1 is 1.58 bits per heavy atom. The first-order chi connectivity index (χ1) is 8.97. The summed E-state index contributed by atoms with van der Waals surface area (Å²) in [5.74, 6) is -1.76. The fourth-order valence-corrected chi connectivity index (χ4v) is 1.81. The summed E-state index contributed by atoms with van der Waals surface area (Å²) in [7, 11) is 1.66. The third-order valence-electron chi connectivity index (χ3n) is 2.80. The van der Waals surface area contributed by atoms with Gasteiger partial charge in [0.25, 0.3) is 5.91 Å². The highest BCUT2D eigenvalue weighted by molar-refractivity contribution is 5.96. The molecule has 1 fully saturated rings. The average Bonchev–Trinajstić information content (AvgIpc) is 2.90. The molecule has 0 aromatic carbocycles. The van der Waals surface area contributed by atoms with Crippen molar-refractivity contribution >= 4 is 17.8 Å². The van der Waals surface area contributed by atoms with Gasteiger partial charge < -0.3 is 15.3 Å². The van der Waals surface area contributed by atoms with Crippen molar-refractivity contribution in [3.8, 4) is 0 Å². The largest absolute Gasteiger partial charge is 0.480 e. The van der Waals surface area contributed by atoms with Crippen LogP contribution in [0.1, 0.15) is 16.9 Å². The summed E-state index contributed by atoms with van der Waals surface area (Å²) in [4.78, 5) is 35.4. The molecule has 9 nitrogen and oxygen atoms in total. The van der Waals surface area contributed by atoms with E-state index in [0.29, 0.717) is 13.0 Å². The molecule has 2 rings (SSSR count). The van der Waals surface area contributed by atoms with Gasteiger partial charge in [0, 0.05) is 13.6 Å². The maximum absolute atomic E-state index is 11.8. The average molecular weight is 267 g/mol. The van der Waals surface area contributed by atoms with E-state index < -0.39 is 17.9 Å². The molecule has 1 aliphatic heterocycles. The van der Waals surface area contributed by atoms with Crippen LogP contribution < -0.4 is 5.32 Å². The maximum atomic E-state index is 11.8. The second-order valence-corrected chi connectivity index (χ2v) is 4.27. The summed E-state index contributed by atoms with van der Waals surface area (Å²) in [6.45, 7) is 0.223. The molecule has 1 unspecified atom stereocenters. The predicted octanol–water partition coefficient (Wildman–Crippen LogP) is -1.68. The highest BCUT2D eigenvalue weighted by Gasteiger charge is 2.30. The van der Waals surface area contributed by atoms with Crippen LogP contribution in [0.2, 0.25) is 0 Å². The van der Waals surface area contributed by atoms with Crippen molar-refractivity contribution in [2.24, 2.45) is 0 Å². The van der Waals surface area contributed by atoms with E-state index in [2.05, 4.69) is 15.6 Å². The standard InChI is InChI=1S/C10H13N5O4/c1-14-3-2-6(10(14)19)11-9(18)7-4-15(13-12-7)5-8(16)17/h4,6H,2-3,5H2,1H3,(H,11,18)(H,16,17). The number of carboxylic acid groups (broad SMARTS) is 1. The minimum absolute atomic E-state index is 0.0106. The molecule has 2 N–H and O–H groups in total. The van der Waals surface area contributed by atoms with Crippen molar-refractivity contribution in [2.45, 2.75) is 19.0 Å². The van der Waals surface area contributed by atoms with Crippen LogP contribution in [0.4, 0.5) is 0 Å². The SMILES string of the molecule is CN1CCC(NC(=O)c2cn(CC(=O)O)nn2)C1=O. The zero-order chi connectivity index (χ0) is 14.0. The van der Waals surface area contributed by atoms with E-state index >= 15 is 0 Å². The summed E-state index contributed by atoms with van der Waals surface area (Å²) in [5, 5.41) is 18.2. The zero-order valence-corrected chi connectivity index (χ0v) is 10.2. The number of nitrogens with one attached hydrogen (secondary N) is 1. The fourth-order valence-electron chi connectivity index (χ4n) is 1.81. The first-order valence-electron chi connectivity index (χ1n) is 5.65. The van der Waals surface area contributed by atoms with E-state index in [4.69, 9.17) is 5.11 Å². The molecule has 0 spiro atoms. The molecular formula is C10H13N5O4. The number of amides is 2. The van der Waals surface area contributed by atoms with Gasteiger partial charge in [-0.2, -0.15) is 0 Å². The van der Waals surface area contributed by atoms with E-state index in [0.717, 1.165) is 4.68 Å². The lowest BCUT2D eigenvalue weighted by molar-refractivity contribution is -0.138. The molecule has 1 aromatic rings. The first-order valence-corrected chi connectivity index (χ1v) is 5.65. The van der Waals surface area contributed by atoms with Crippen LogP contribution in [0.15, 0.2) is 6.20 Å². The number of aromatic nitrogens is 3. The van der Waals surface area contributed by atoms with E-state index in [-0.39, 0.29) is 18.1 Å². The molecule has 0 radical (unpaired) electrons. The maximum Gasteiger partial charge on any atom is 0.325 e. The third-order valence-corrected chi connectivity index (χ3v) is 2.80. The fraction of sp³-hybridized carbons (Fsp3) is 0.500. The number of carbonyl (C=O) groups excluding carboxylic acids is 2. The Kier molecular flexibility index (Phi) is 3.45. The Balaban J connectivity index is 1.98. The van der Waals surface area contributed by atoms with Gasteiger partial charge in [-0.15, -0.1) is 5.10 Å². The van der Waals surface area contributed by atoms with Gasteiger partial charge in [-0.05, 0) is 6.42 Å². The van der Waals surface area contributed by atoms with E-state index in [9.17, 15) is 14.4 Å². The van der Waals surface area contributed by atoms with Crippen molar-refractivity contribution < 1.29 is 19.5 Å². The molecule has 19 heavy (non-hydrogen) atoms. The van der Waals surface area contributed by atoms with Crippen molar-refractivity contribution in [3.05, 3.63) is 11.9 Å². The Hall–Kier alpha value is -2.45. The number of carboxylic acids is 1. The molecular weight excluding hydrogens is 254 g/mol. The van der Waals surface area contributed by atoms with Gasteiger partial charge in [0.1, 0.15) is 12.6 Å². The molecule has 0 saturated carbocycles. The van der Waals surface area contributed by atoms with Gasteiger partial charge in [0.05, 0.1) is 6.20 Å². The molecule has 0 aliphatic carbocycles. The number of nitrogens with zero attached hydrogens (tertiary/aromatic N) is 4. The topological polar surface area (TPSA) is 117 Å². The Morgan fingerprint density at radius 3 is 2.89 bits per heavy atom. The molecule has 1 aromatic heterocycles. The van der Waals surface area contributed by atoms with Crippen LogP contribution in [0, 0.1) is 0 Å². The van der Waals surface area contributed by atoms with Gasteiger partial charge in [0.2, 0.25) is 5.91 Å². The molecule has 1 saturated heterocycles. The molecule has 2 amide bonds. The second-order valence-electron chi connectivity index (χ2n) is 4.27. The minimum atomic E-state index is -1.08. The Morgan fingerprint density at radius 2 is 2.32 bits per heavy atom. The number of likely N-dealkylation sites (tertiary alicyclic amines) is 1. The summed E-state index contributed by atoms with van der Waals surface area (Å²) in [6, 6.07) is -0.554. The van der Waals surface area contributed by atoms with Crippen LogP contribution in [0.25, 0.3) is 0 Å². The van der Waals surface area contributed by atoms with Crippen molar-refractivity contribution in [1.82, 2.24) is 25.2 Å². The zero-order valence-electron chi connectivity index (χ0n) is 10.2. The van der Waals surface area contributed by atoms with E-state index in [1.165, 1.54) is 11.1 Å². The monoisotopic (exact) mass is 267 g/mol. The number of hydrogen-bond donors (Lipinski definition) is 2. The van der Waals surface area contributed by atoms with Gasteiger partial charge in [-0.3, -0.25) is 14.4 Å². The number of aliphatic carboxylic acids is 1. The van der Waals surface area contributed by atoms with Crippen LogP contribution >= 0.6 is 0 Å². The van der Waals surface area contributed by atoms with Crippen LogP contribution in [0.5, 0.6) is 0 Å². The highest BCUT2D eigenvalue weighted by atomic mass is 16.4. The number of hydrogen-bond acceptors (Lipinski definition) is 5. The second kappa shape index (κ2) is 5.04. The minimum Gasteiger partial charge on any atom is -0.480 e. The van der Waals surface area contributed by atoms with Crippen LogP contribution in [0.3, 0.4) is 0 Å². The van der Waals surface area contributed by atoms with Gasteiger partial charge in [0.15, 0.2) is 5.69 Å². The van der Waals surface area contributed by atoms with Crippen molar-refractivity contribution in [1.29, 1.82) is 0 Å². The third kappa shape index (κ3) is 2.87. The smallest absolute Gasteiger partial charge is 0.325 e. The number of rotatable bonds is 4. The molecule has 9 heteroatoms. The Bertz CT molecular complexity index is 526. The van der Waals surface area contributed by atoms with E-state index in [1.54, 1.807) is 7.05 Å². The van der Waals surface area contributed by atoms with Gasteiger partial charge >= 0.3 is 5.97 Å². The lowest BCUT2D eigenvalue weighted by atomic mass is 10.2. The summed E-state index contributed by atoms with van der Waals surface area (Å²) < 4.78 is 1.04. The lowest BCUT2D eigenvalue weighted by Gasteiger charge is -2.10. The summed E-state index contributed by atoms with van der Waals surface area (Å²) in [6.07, 6.45) is 1.77. The summed E-state index contributed by atoms with van der Waals surface area (Å²) in [5.41, 5.74) is -0.0106. The van der Waals surface area contributed by atoms with Gasteiger partial charge in [-0.25, -0.2) is 4.68 Å². The highest BCUT2D eigenvalue weighted by Crippen LogP contribution is 2.09. The molecule has 1 aliphatic rings. The molecule has 1 atom stereocenters. The Labute approximate surface area is 108 Å². The van der Waals surface area contributed by atoms with E-state index in [1.807, 2.05) is 0 Å². The number of likely N-dealkylation sites (N-methyl/N-ethyl adjacent to an activating group) is 1. The molecule has 102 valence electrons. The van der Waals surface area contributed by atoms with Crippen molar-refractivity contribution in [2.75, 3.05) is 13.6 Å². The van der Waals surface area contributed by atoms with Crippen molar-refractivity contribution in [3.63, 3.8) is 0 Å². The van der Waals surface area contributed by atoms with Crippen LogP contribution in [-0.4, -0.2) is 62.4 Å².